The van der Waals surface area contributed by atoms with Crippen LogP contribution in [0.15, 0.2) is 21.3 Å². The Bertz CT molecular complexity index is 509. The van der Waals surface area contributed by atoms with E-state index in [1.165, 1.54) is 63.9 Å². The molecule has 1 rings (SSSR count). The first kappa shape index (κ1) is 22.8. The smallest absolute Gasteiger partial charge is 0.339 e. The maximum absolute atomic E-state index is 11.1. The van der Waals surface area contributed by atoms with Crippen molar-refractivity contribution >= 4 is 0 Å². The van der Waals surface area contributed by atoms with Crippen LogP contribution in [0.3, 0.4) is 0 Å². The molecule has 0 fully saturated rings. The van der Waals surface area contributed by atoms with Crippen molar-refractivity contribution in [2.24, 2.45) is 0 Å². The van der Waals surface area contributed by atoms with Crippen molar-refractivity contribution in [2.45, 2.75) is 109 Å². The summed E-state index contributed by atoms with van der Waals surface area (Å²) in [4.78, 5) is 11.1. The molecule has 0 aliphatic carbocycles. The molecule has 4 nitrogen and oxygen atoms in total. The normalized spacial score (nSPS) is 12.4. The molecule has 4 heteroatoms. The van der Waals surface area contributed by atoms with Crippen molar-refractivity contribution in [3.8, 4) is 5.75 Å². The molecule has 0 aromatic carbocycles. The second kappa shape index (κ2) is 14.8. The molecule has 0 aliphatic heterocycles. The van der Waals surface area contributed by atoms with Crippen LogP contribution < -0.4 is 5.63 Å². The predicted molar refractivity (Wildman–Crippen MR) is 107 cm³/mol. The molecule has 0 spiro atoms. The van der Waals surface area contributed by atoms with Crippen LogP contribution in [0, 0.1) is 0 Å². The number of hydrogen-bond acceptors (Lipinski definition) is 4. The molecular formula is C22H38O4. The van der Waals surface area contributed by atoms with Crippen LogP contribution >= 0.6 is 0 Å². The lowest BCUT2D eigenvalue weighted by atomic mass is 10.0. The molecule has 0 amide bonds. The van der Waals surface area contributed by atoms with Crippen molar-refractivity contribution in [1.82, 2.24) is 0 Å². The summed E-state index contributed by atoms with van der Waals surface area (Å²) < 4.78 is 5.05. The zero-order valence-electron chi connectivity index (χ0n) is 16.5. The predicted octanol–water partition coefficient (Wildman–Crippen LogP) is 5.73. The fraction of sp³-hybridized carbons (Fsp3) is 0.773. The van der Waals surface area contributed by atoms with Crippen molar-refractivity contribution in [1.29, 1.82) is 0 Å². The summed E-state index contributed by atoms with van der Waals surface area (Å²) >= 11 is 0. The average Bonchev–Trinajstić information content (AvgIpc) is 2.59. The van der Waals surface area contributed by atoms with Crippen LogP contribution in [0.4, 0.5) is 0 Å². The van der Waals surface area contributed by atoms with Crippen molar-refractivity contribution < 1.29 is 14.6 Å². The van der Waals surface area contributed by atoms with Crippen LogP contribution in [0.2, 0.25) is 0 Å². The Kier molecular flexibility index (Phi) is 13.0. The molecule has 1 unspecified atom stereocenters. The van der Waals surface area contributed by atoms with Gasteiger partial charge in [0.1, 0.15) is 11.5 Å². The molecule has 2 N–H and O–H groups in total. The van der Waals surface area contributed by atoms with Crippen LogP contribution in [0.5, 0.6) is 5.75 Å². The molecule has 0 saturated heterocycles. The van der Waals surface area contributed by atoms with Gasteiger partial charge in [0.15, 0.2) is 0 Å². The Labute approximate surface area is 158 Å². The summed E-state index contributed by atoms with van der Waals surface area (Å²) in [6, 6.07) is 2.62. The largest absolute Gasteiger partial charge is 0.508 e. The van der Waals surface area contributed by atoms with Gasteiger partial charge in [0.2, 0.25) is 0 Å². The van der Waals surface area contributed by atoms with E-state index in [9.17, 15) is 15.0 Å². The van der Waals surface area contributed by atoms with E-state index in [0.717, 1.165) is 38.2 Å². The number of hydrogen-bond donors (Lipinski definition) is 2. The Morgan fingerprint density at radius 1 is 0.846 bits per heavy atom. The van der Waals surface area contributed by atoms with E-state index in [1.807, 2.05) is 0 Å². The van der Waals surface area contributed by atoms with Gasteiger partial charge in [0, 0.05) is 12.5 Å². The van der Waals surface area contributed by atoms with E-state index in [2.05, 4.69) is 6.92 Å². The van der Waals surface area contributed by atoms with E-state index in [4.69, 9.17) is 4.42 Å². The Hall–Kier alpha value is -1.29. The molecule has 0 radical (unpaired) electrons. The first-order valence-electron chi connectivity index (χ1n) is 10.6. The molecule has 1 aromatic heterocycles. The number of unbranched alkanes of at least 4 members (excludes halogenated alkanes) is 10. The number of aliphatic hydroxyl groups is 1. The van der Waals surface area contributed by atoms with Crippen LogP contribution in [0.25, 0.3) is 0 Å². The molecule has 1 aromatic rings. The van der Waals surface area contributed by atoms with Gasteiger partial charge in [-0.15, -0.1) is 0 Å². The van der Waals surface area contributed by atoms with Gasteiger partial charge in [-0.25, -0.2) is 4.79 Å². The van der Waals surface area contributed by atoms with Gasteiger partial charge in [-0.05, 0) is 19.3 Å². The minimum Gasteiger partial charge on any atom is -0.508 e. The number of aliphatic hydroxyl groups excluding tert-OH is 1. The third kappa shape index (κ3) is 12.1. The van der Waals surface area contributed by atoms with Gasteiger partial charge in [-0.3, -0.25) is 0 Å². The topological polar surface area (TPSA) is 70.7 Å². The summed E-state index contributed by atoms with van der Waals surface area (Å²) in [7, 11) is 0. The highest BCUT2D eigenvalue weighted by molar-refractivity contribution is 5.18. The summed E-state index contributed by atoms with van der Waals surface area (Å²) in [6.07, 6.45) is 16.9. The molecule has 0 saturated carbocycles. The molecule has 1 atom stereocenters. The van der Waals surface area contributed by atoms with Crippen molar-refractivity contribution in [2.75, 3.05) is 0 Å². The number of aromatic hydroxyl groups is 1. The third-order valence-electron chi connectivity index (χ3n) is 4.91. The second-order valence-electron chi connectivity index (χ2n) is 7.47. The Balaban J connectivity index is 1.88. The molecular weight excluding hydrogens is 328 g/mol. The van der Waals surface area contributed by atoms with Crippen molar-refractivity contribution in [3.63, 3.8) is 0 Å². The zero-order chi connectivity index (χ0) is 19.0. The molecule has 1 heterocycles. The van der Waals surface area contributed by atoms with Gasteiger partial charge < -0.3 is 14.6 Å². The van der Waals surface area contributed by atoms with Crippen LogP contribution in [0.1, 0.15) is 103 Å². The SMILES string of the molecule is CCCCCCC(O)CCCCCCCCCCc1cc(O)cc(=O)o1. The number of aryl methyl sites for hydroxylation is 1. The zero-order valence-corrected chi connectivity index (χ0v) is 16.5. The fourth-order valence-corrected chi connectivity index (χ4v) is 3.33. The minimum atomic E-state index is -0.480. The Morgan fingerprint density at radius 3 is 1.96 bits per heavy atom. The highest BCUT2D eigenvalue weighted by atomic mass is 16.4. The van der Waals surface area contributed by atoms with Crippen molar-refractivity contribution in [3.05, 3.63) is 28.3 Å². The van der Waals surface area contributed by atoms with E-state index >= 15 is 0 Å². The lowest BCUT2D eigenvalue weighted by Gasteiger charge is -2.10. The first-order chi connectivity index (χ1) is 12.6. The average molecular weight is 367 g/mol. The van der Waals surface area contributed by atoms with E-state index in [1.54, 1.807) is 0 Å². The standard InChI is InChI=1S/C22H38O4/c1-2-3-4-11-14-19(23)15-12-9-7-5-6-8-10-13-16-21-17-20(24)18-22(25)26-21/h17-19,23-24H,2-16H2,1H3. The first-order valence-corrected chi connectivity index (χ1v) is 10.6. The van der Waals surface area contributed by atoms with Gasteiger partial charge >= 0.3 is 5.63 Å². The summed E-state index contributed by atoms with van der Waals surface area (Å²) in [5, 5.41) is 19.3. The highest BCUT2D eigenvalue weighted by Gasteiger charge is 2.04. The molecule has 0 bridgehead atoms. The van der Waals surface area contributed by atoms with Gasteiger partial charge in [-0.1, -0.05) is 77.6 Å². The minimum absolute atomic E-state index is 0.0117. The lowest BCUT2D eigenvalue weighted by Crippen LogP contribution is -2.05. The van der Waals surface area contributed by atoms with Gasteiger partial charge in [0.25, 0.3) is 0 Å². The van der Waals surface area contributed by atoms with E-state index in [-0.39, 0.29) is 11.9 Å². The summed E-state index contributed by atoms with van der Waals surface area (Å²) in [6.45, 7) is 2.21. The monoisotopic (exact) mass is 366 g/mol. The fourth-order valence-electron chi connectivity index (χ4n) is 3.33. The molecule has 26 heavy (non-hydrogen) atoms. The Morgan fingerprint density at radius 2 is 1.38 bits per heavy atom. The molecule has 0 aliphatic rings. The maximum Gasteiger partial charge on any atom is 0.339 e. The lowest BCUT2D eigenvalue weighted by molar-refractivity contribution is 0.147. The number of rotatable bonds is 16. The molecule has 150 valence electrons. The summed E-state index contributed by atoms with van der Waals surface area (Å²) in [5.74, 6) is 0.561. The van der Waals surface area contributed by atoms with Gasteiger partial charge in [0.05, 0.1) is 12.2 Å². The van der Waals surface area contributed by atoms with E-state index < -0.39 is 5.63 Å². The highest BCUT2D eigenvalue weighted by Crippen LogP contribution is 2.15. The van der Waals surface area contributed by atoms with E-state index in [0.29, 0.717) is 12.2 Å². The van der Waals surface area contributed by atoms with Crippen LogP contribution in [-0.4, -0.2) is 16.3 Å². The second-order valence-corrected chi connectivity index (χ2v) is 7.47. The summed E-state index contributed by atoms with van der Waals surface area (Å²) in [5.41, 5.74) is -0.480. The third-order valence-corrected chi connectivity index (χ3v) is 4.91. The van der Waals surface area contributed by atoms with Gasteiger partial charge in [-0.2, -0.15) is 0 Å². The maximum atomic E-state index is 11.1. The van der Waals surface area contributed by atoms with Crippen LogP contribution in [-0.2, 0) is 6.42 Å². The quantitative estimate of drug-likeness (QED) is 0.366.